The molecule has 0 aliphatic heterocycles. The van der Waals surface area contributed by atoms with Crippen molar-refractivity contribution in [2.24, 2.45) is 22.7 Å². The molecule has 0 bridgehead atoms. The van der Waals surface area contributed by atoms with E-state index >= 15 is 0 Å². The lowest BCUT2D eigenvalue weighted by Crippen LogP contribution is -2.58. The van der Waals surface area contributed by atoms with Crippen molar-refractivity contribution in [3.05, 3.63) is 12.2 Å². The Kier molecular flexibility index (Phi) is 4.81. The number of esters is 1. The van der Waals surface area contributed by atoms with E-state index in [2.05, 4.69) is 13.5 Å². The van der Waals surface area contributed by atoms with Crippen LogP contribution in [0.4, 0.5) is 0 Å². The molecule has 2 aliphatic rings. The molecule has 0 saturated heterocycles. The number of rotatable bonds is 4. The largest absolute Gasteiger partial charge is 0.465 e. The van der Waals surface area contributed by atoms with Crippen LogP contribution < -0.4 is 0 Å². The third-order valence-corrected chi connectivity index (χ3v) is 6.12. The van der Waals surface area contributed by atoms with Gasteiger partial charge in [0.2, 0.25) is 0 Å². The zero-order valence-electron chi connectivity index (χ0n) is 14.0. The number of carbonyl (C=O) groups excluding carboxylic acids is 2. The lowest BCUT2D eigenvalue weighted by molar-refractivity contribution is -0.175. The summed E-state index contributed by atoms with van der Waals surface area (Å²) in [5.74, 6) is -0.254. The van der Waals surface area contributed by atoms with Crippen LogP contribution in [0.1, 0.15) is 52.9 Å². The molecule has 0 radical (unpaired) electrons. The zero-order chi connectivity index (χ0) is 16.5. The van der Waals surface area contributed by atoms with Gasteiger partial charge in [-0.2, -0.15) is 0 Å². The number of hydrogen-bond donors (Lipinski definition) is 1. The first-order valence-corrected chi connectivity index (χ1v) is 8.31. The van der Waals surface area contributed by atoms with Crippen LogP contribution in [-0.4, -0.2) is 30.1 Å². The summed E-state index contributed by atoms with van der Waals surface area (Å²) in [5, 5.41) is 9.42. The molecular formula is C18H28O4. The number of allylic oxidation sites excluding steroid dienone is 1. The maximum absolute atomic E-state index is 12.6. The van der Waals surface area contributed by atoms with Crippen LogP contribution in [0.5, 0.6) is 0 Å². The average molecular weight is 308 g/mol. The van der Waals surface area contributed by atoms with E-state index < -0.39 is 5.41 Å². The predicted molar refractivity (Wildman–Crippen MR) is 84.1 cm³/mol. The minimum absolute atomic E-state index is 0.00341. The highest BCUT2D eigenvalue weighted by atomic mass is 16.5. The Hall–Kier alpha value is -1.16. The number of ketones is 1. The third-order valence-electron chi connectivity index (χ3n) is 6.12. The highest BCUT2D eigenvalue weighted by Crippen LogP contribution is 2.60. The first-order valence-electron chi connectivity index (χ1n) is 8.31. The quantitative estimate of drug-likeness (QED) is 0.493. The Morgan fingerprint density at radius 2 is 2.09 bits per heavy atom. The molecule has 0 heterocycles. The average Bonchev–Trinajstić information content (AvgIpc) is 2.47. The summed E-state index contributed by atoms with van der Waals surface area (Å²) in [4.78, 5) is 25.2. The van der Waals surface area contributed by atoms with Crippen molar-refractivity contribution in [3.63, 3.8) is 0 Å². The Morgan fingerprint density at radius 1 is 1.41 bits per heavy atom. The van der Waals surface area contributed by atoms with Gasteiger partial charge in [0, 0.05) is 13.0 Å². The van der Waals surface area contributed by atoms with Crippen LogP contribution in [0.15, 0.2) is 12.2 Å². The van der Waals surface area contributed by atoms with E-state index in [1.54, 1.807) is 13.8 Å². The lowest BCUT2D eigenvalue weighted by atomic mass is 9.46. The van der Waals surface area contributed by atoms with E-state index in [0.29, 0.717) is 12.8 Å². The second-order valence-electron chi connectivity index (χ2n) is 7.17. The highest BCUT2D eigenvalue weighted by Gasteiger charge is 2.61. The Balaban J connectivity index is 2.43. The van der Waals surface area contributed by atoms with Gasteiger partial charge in [0.05, 0.1) is 6.61 Å². The van der Waals surface area contributed by atoms with E-state index in [1.165, 1.54) is 0 Å². The Labute approximate surface area is 132 Å². The molecule has 1 N–H and O–H groups in total. The number of hydrogen-bond acceptors (Lipinski definition) is 4. The summed E-state index contributed by atoms with van der Waals surface area (Å²) in [5.41, 5.74) is -0.0846. The molecule has 0 aromatic heterocycles. The van der Waals surface area contributed by atoms with E-state index in [-0.39, 0.29) is 42.2 Å². The molecule has 0 amide bonds. The predicted octanol–water partition coefficient (Wildman–Crippen LogP) is 2.89. The van der Waals surface area contributed by atoms with Gasteiger partial charge in [-0.15, -0.1) is 0 Å². The molecule has 2 saturated carbocycles. The second-order valence-corrected chi connectivity index (χ2v) is 7.17. The summed E-state index contributed by atoms with van der Waals surface area (Å²) < 4.78 is 5.24. The number of aliphatic hydroxyl groups is 1. The fraction of sp³-hybridized carbons (Fsp3) is 0.778. The van der Waals surface area contributed by atoms with Gasteiger partial charge in [-0.3, -0.25) is 9.59 Å². The minimum atomic E-state index is -1.06. The summed E-state index contributed by atoms with van der Waals surface area (Å²) in [7, 11) is 0. The van der Waals surface area contributed by atoms with Crippen LogP contribution >= 0.6 is 0 Å². The van der Waals surface area contributed by atoms with E-state index in [0.717, 1.165) is 24.8 Å². The molecule has 124 valence electrons. The number of fused-ring (bicyclic) bond motifs is 1. The molecule has 2 fully saturated rings. The van der Waals surface area contributed by atoms with Gasteiger partial charge in [-0.05, 0) is 56.8 Å². The Morgan fingerprint density at radius 3 is 2.68 bits per heavy atom. The fourth-order valence-corrected chi connectivity index (χ4v) is 4.88. The monoisotopic (exact) mass is 308 g/mol. The fourth-order valence-electron chi connectivity index (χ4n) is 4.88. The van der Waals surface area contributed by atoms with Crippen LogP contribution in [0.3, 0.4) is 0 Å². The number of ether oxygens (including phenoxy) is 1. The normalized spacial score (nSPS) is 38.5. The van der Waals surface area contributed by atoms with Gasteiger partial charge in [-0.1, -0.05) is 19.1 Å². The van der Waals surface area contributed by atoms with Gasteiger partial charge in [-0.25, -0.2) is 0 Å². The van der Waals surface area contributed by atoms with Gasteiger partial charge in [0.15, 0.2) is 0 Å². The molecule has 0 aromatic carbocycles. The molecule has 0 aromatic rings. The molecule has 2 rings (SSSR count). The smallest absolute Gasteiger partial charge is 0.319 e. The van der Waals surface area contributed by atoms with E-state index in [9.17, 15) is 14.7 Å². The molecule has 0 spiro atoms. The van der Waals surface area contributed by atoms with Crippen molar-refractivity contribution < 1.29 is 19.4 Å². The molecule has 2 aliphatic carbocycles. The Bertz CT molecular complexity index is 483. The first-order chi connectivity index (χ1) is 10.3. The summed E-state index contributed by atoms with van der Waals surface area (Å²) >= 11 is 0. The molecular weight excluding hydrogens is 280 g/mol. The van der Waals surface area contributed by atoms with Gasteiger partial charge in [0.1, 0.15) is 11.2 Å². The van der Waals surface area contributed by atoms with Crippen molar-refractivity contribution in [1.29, 1.82) is 0 Å². The maximum atomic E-state index is 12.6. The molecule has 0 unspecified atom stereocenters. The molecule has 22 heavy (non-hydrogen) atoms. The van der Waals surface area contributed by atoms with Crippen LogP contribution in [-0.2, 0) is 14.3 Å². The SMILES string of the molecule is C=C1CC[C@H]2[C@@](C)(C(=O)OCC)C(=O)CC[C@]2(C)[C@H]1CCO. The van der Waals surface area contributed by atoms with Crippen LogP contribution in [0.2, 0.25) is 0 Å². The number of aliphatic hydroxyl groups excluding tert-OH is 1. The van der Waals surface area contributed by atoms with Crippen molar-refractivity contribution in [3.8, 4) is 0 Å². The van der Waals surface area contributed by atoms with Crippen LogP contribution in [0, 0.1) is 22.7 Å². The first kappa shape index (κ1) is 17.2. The summed E-state index contributed by atoms with van der Waals surface area (Å²) in [6, 6.07) is 0. The minimum Gasteiger partial charge on any atom is -0.465 e. The van der Waals surface area contributed by atoms with Gasteiger partial charge in [0.25, 0.3) is 0 Å². The van der Waals surface area contributed by atoms with Gasteiger partial charge < -0.3 is 9.84 Å². The molecule has 4 heteroatoms. The molecule has 4 nitrogen and oxygen atoms in total. The number of Topliss-reactive ketones (excluding diaryl/α,β-unsaturated/α-hetero) is 1. The lowest BCUT2D eigenvalue weighted by Gasteiger charge is -2.56. The van der Waals surface area contributed by atoms with Crippen LogP contribution in [0.25, 0.3) is 0 Å². The van der Waals surface area contributed by atoms with Crippen molar-refractivity contribution in [2.75, 3.05) is 13.2 Å². The molecule has 4 atom stereocenters. The highest BCUT2D eigenvalue weighted by molar-refractivity contribution is 6.04. The third kappa shape index (κ3) is 2.41. The summed E-state index contributed by atoms with van der Waals surface area (Å²) in [6.45, 7) is 10.3. The standard InChI is InChI=1S/C18H28O4/c1-5-22-16(21)18(4)14-7-6-12(2)13(9-11-19)17(14,3)10-8-15(18)20/h13-14,19H,2,5-11H2,1,3-4H3/t13-,14+,17+,18+/m0/s1. The van der Waals surface area contributed by atoms with Gasteiger partial charge >= 0.3 is 5.97 Å². The topological polar surface area (TPSA) is 63.6 Å². The zero-order valence-corrected chi connectivity index (χ0v) is 14.0. The number of carbonyl (C=O) groups is 2. The van der Waals surface area contributed by atoms with Crippen molar-refractivity contribution in [1.82, 2.24) is 0 Å². The van der Waals surface area contributed by atoms with E-state index in [1.807, 2.05) is 0 Å². The van der Waals surface area contributed by atoms with E-state index in [4.69, 9.17) is 4.74 Å². The maximum Gasteiger partial charge on any atom is 0.319 e. The van der Waals surface area contributed by atoms with Crippen molar-refractivity contribution in [2.45, 2.75) is 52.9 Å². The summed E-state index contributed by atoms with van der Waals surface area (Å²) in [6.07, 6.45) is 3.41. The van der Waals surface area contributed by atoms with Crippen molar-refractivity contribution >= 4 is 11.8 Å². The second kappa shape index (κ2) is 6.15.